The van der Waals surface area contributed by atoms with E-state index in [0.717, 1.165) is 19.3 Å². The molecule has 1 saturated heterocycles. The second-order valence-electron chi connectivity index (χ2n) is 8.25. The standard InChI is InChI=1S/C24H27ClN6O4/c1-2-19(32)31-8-4-3-5-15(13-31)29-22-16(25)12-28-23(27)20(22)21(26)24(33)30-14-6-7-17-18(11-14)35-10-9-34-17/h2,6-7,11-12,15,26H,1,3-5,8-10,13H2,(H,30,33)(H3,27,28,29). The van der Waals surface area contributed by atoms with Gasteiger partial charge in [-0.15, -0.1) is 0 Å². The third-order valence-electron chi connectivity index (χ3n) is 5.85. The minimum atomic E-state index is -0.690. The van der Waals surface area contributed by atoms with Gasteiger partial charge in [0.25, 0.3) is 5.91 Å². The number of rotatable bonds is 6. The van der Waals surface area contributed by atoms with E-state index in [-0.39, 0.29) is 28.4 Å². The predicted molar refractivity (Wildman–Crippen MR) is 135 cm³/mol. The Hall–Kier alpha value is -3.79. The smallest absolute Gasteiger partial charge is 0.274 e. The molecular weight excluding hydrogens is 472 g/mol. The number of anilines is 3. The van der Waals surface area contributed by atoms with Gasteiger partial charge in [0.05, 0.1) is 22.5 Å². The van der Waals surface area contributed by atoms with Crippen LogP contribution in [0, 0.1) is 5.41 Å². The molecule has 2 aliphatic heterocycles. The van der Waals surface area contributed by atoms with Gasteiger partial charge >= 0.3 is 0 Å². The lowest BCUT2D eigenvalue weighted by Gasteiger charge is -2.26. The number of hydrogen-bond donors (Lipinski definition) is 4. The molecule has 11 heteroatoms. The molecule has 1 atom stereocenters. The number of carbonyl (C=O) groups is 2. The number of nitrogens with zero attached hydrogens (tertiary/aromatic N) is 2. The zero-order valence-corrected chi connectivity index (χ0v) is 19.9. The van der Waals surface area contributed by atoms with E-state index in [1.807, 2.05) is 0 Å². The lowest BCUT2D eigenvalue weighted by atomic mass is 10.1. The number of aromatic nitrogens is 1. The average molecular weight is 499 g/mol. The number of nitrogen functional groups attached to an aromatic ring is 1. The molecule has 0 bridgehead atoms. The Morgan fingerprint density at radius 3 is 2.80 bits per heavy atom. The molecule has 1 unspecified atom stereocenters. The quantitative estimate of drug-likeness (QED) is 0.354. The monoisotopic (exact) mass is 498 g/mol. The maximum atomic E-state index is 13.0. The van der Waals surface area contributed by atoms with Crippen LogP contribution < -0.4 is 25.8 Å². The number of amides is 2. The van der Waals surface area contributed by atoms with Crippen LogP contribution in [0.4, 0.5) is 17.2 Å². The number of pyridine rings is 1. The zero-order valence-electron chi connectivity index (χ0n) is 19.1. The van der Waals surface area contributed by atoms with Crippen molar-refractivity contribution in [3.63, 3.8) is 0 Å². The molecular formula is C24H27ClN6O4. The molecule has 0 saturated carbocycles. The minimum absolute atomic E-state index is 0.00753. The van der Waals surface area contributed by atoms with E-state index in [0.29, 0.717) is 49.2 Å². The Bertz CT molecular complexity index is 1170. The van der Waals surface area contributed by atoms with Crippen molar-refractivity contribution >= 4 is 46.3 Å². The van der Waals surface area contributed by atoms with Crippen LogP contribution >= 0.6 is 11.6 Å². The van der Waals surface area contributed by atoms with Crippen molar-refractivity contribution < 1.29 is 19.1 Å². The molecule has 0 radical (unpaired) electrons. The summed E-state index contributed by atoms with van der Waals surface area (Å²) in [6.45, 7) is 5.51. The van der Waals surface area contributed by atoms with Crippen molar-refractivity contribution in [2.24, 2.45) is 0 Å². The van der Waals surface area contributed by atoms with Crippen molar-refractivity contribution in [1.82, 2.24) is 9.88 Å². The highest BCUT2D eigenvalue weighted by Crippen LogP contribution is 2.34. The minimum Gasteiger partial charge on any atom is -0.486 e. The molecule has 0 aliphatic carbocycles. The summed E-state index contributed by atoms with van der Waals surface area (Å²) in [5.41, 5.74) is 6.57. The highest BCUT2D eigenvalue weighted by Gasteiger charge is 2.26. The number of nitrogens with two attached hydrogens (primary N) is 1. The van der Waals surface area contributed by atoms with Gasteiger partial charge in [-0.05, 0) is 37.5 Å². The Balaban J connectivity index is 1.56. The van der Waals surface area contributed by atoms with Gasteiger partial charge in [0.15, 0.2) is 11.5 Å². The highest BCUT2D eigenvalue weighted by atomic mass is 35.5. The van der Waals surface area contributed by atoms with Gasteiger partial charge < -0.3 is 30.7 Å². The van der Waals surface area contributed by atoms with Gasteiger partial charge in [0, 0.05) is 30.9 Å². The maximum absolute atomic E-state index is 13.0. The predicted octanol–water partition coefficient (Wildman–Crippen LogP) is 3.07. The first kappa shape index (κ1) is 24.3. The number of benzene rings is 1. The normalized spacial score (nSPS) is 17.2. The Labute approximate surface area is 207 Å². The molecule has 2 aromatic rings. The van der Waals surface area contributed by atoms with Gasteiger partial charge in [-0.1, -0.05) is 18.2 Å². The first-order chi connectivity index (χ1) is 16.9. The first-order valence-electron chi connectivity index (χ1n) is 11.3. The van der Waals surface area contributed by atoms with Crippen molar-refractivity contribution in [1.29, 1.82) is 5.41 Å². The SMILES string of the molecule is C=CC(=O)N1CCCCC(Nc2c(Cl)cnc(N)c2C(=N)C(=O)Nc2ccc3c(c2)OCCO3)C1. The molecule has 1 fully saturated rings. The molecule has 2 aliphatic rings. The second-order valence-corrected chi connectivity index (χ2v) is 8.66. The van der Waals surface area contributed by atoms with Gasteiger partial charge in [-0.2, -0.15) is 0 Å². The van der Waals surface area contributed by atoms with Crippen LogP contribution in [0.15, 0.2) is 37.1 Å². The number of nitrogens with one attached hydrogen (secondary N) is 3. The molecule has 2 amide bonds. The third-order valence-corrected chi connectivity index (χ3v) is 6.13. The van der Waals surface area contributed by atoms with Crippen molar-refractivity contribution in [2.75, 3.05) is 42.7 Å². The number of fused-ring (bicyclic) bond motifs is 1. The van der Waals surface area contributed by atoms with E-state index in [9.17, 15) is 9.59 Å². The van der Waals surface area contributed by atoms with Crippen molar-refractivity contribution in [3.05, 3.63) is 47.6 Å². The summed E-state index contributed by atoms with van der Waals surface area (Å²) in [6, 6.07) is 4.83. The molecule has 1 aromatic heterocycles. The molecule has 4 rings (SSSR count). The van der Waals surface area contributed by atoms with Crippen LogP contribution in [-0.2, 0) is 9.59 Å². The van der Waals surface area contributed by atoms with Crippen LogP contribution in [0.1, 0.15) is 24.8 Å². The number of ether oxygens (including phenoxy) is 2. The molecule has 35 heavy (non-hydrogen) atoms. The third kappa shape index (κ3) is 5.48. The van der Waals surface area contributed by atoms with E-state index in [1.54, 1.807) is 23.1 Å². The average Bonchev–Trinajstić information content (AvgIpc) is 3.11. The first-order valence-corrected chi connectivity index (χ1v) is 11.7. The molecule has 10 nitrogen and oxygen atoms in total. The van der Waals surface area contributed by atoms with Crippen molar-refractivity contribution in [2.45, 2.75) is 25.3 Å². The summed E-state index contributed by atoms with van der Waals surface area (Å²) in [6.07, 6.45) is 5.20. The second kappa shape index (κ2) is 10.6. The van der Waals surface area contributed by atoms with Gasteiger partial charge in [0.2, 0.25) is 5.91 Å². The van der Waals surface area contributed by atoms with E-state index in [4.69, 9.17) is 32.2 Å². The summed E-state index contributed by atoms with van der Waals surface area (Å²) in [7, 11) is 0. The Morgan fingerprint density at radius 1 is 1.26 bits per heavy atom. The fourth-order valence-electron chi connectivity index (χ4n) is 4.12. The van der Waals surface area contributed by atoms with Crippen molar-refractivity contribution in [3.8, 4) is 11.5 Å². The number of likely N-dealkylation sites (tertiary alicyclic amines) is 1. The topological polar surface area (TPSA) is 143 Å². The molecule has 1 aromatic carbocycles. The van der Waals surface area contributed by atoms with Gasteiger partial charge in [0.1, 0.15) is 24.7 Å². The summed E-state index contributed by atoms with van der Waals surface area (Å²) in [5, 5.41) is 14.8. The fourth-order valence-corrected chi connectivity index (χ4v) is 4.32. The van der Waals surface area contributed by atoms with Crippen LogP contribution in [0.5, 0.6) is 11.5 Å². The maximum Gasteiger partial charge on any atom is 0.274 e. The largest absolute Gasteiger partial charge is 0.486 e. The Kier molecular flexibility index (Phi) is 7.40. The summed E-state index contributed by atoms with van der Waals surface area (Å²) in [5.74, 6) is 0.257. The summed E-state index contributed by atoms with van der Waals surface area (Å²) in [4.78, 5) is 30.9. The van der Waals surface area contributed by atoms with E-state index < -0.39 is 11.6 Å². The van der Waals surface area contributed by atoms with Gasteiger partial charge in [-0.3, -0.25) is 15.0 Å². The lowest BCUT2D eigenvalue weighted by Crippen LogP contribution is -2.39. The van der Waals surface area contributed by atoms with Crippen LogP contribution in [0.25, 0.3) is 0 Å². The molecule has 184 valence electrons. The number of halogens is 1. The number of hydrogen-bond acceptors (Lipinski definition) is 8. The van der Waals surface area contributed by atoms with E-state index >= 15 is 0 Å². The van der Waals surface area contributed by atoms with Gasteiger partial charge in [-0.25, -0.2) is 4.98 Å². The summed E-state index contributed by atoms with van der Waals surface area (Å²) >= 11 is 6.44. The lowest BCUT2D eigenvalue weighted by molar-refractivity contribution is -0.126. The molecule has 0 spiro atoms. The fraction of sp³-hybridized carbons (Fsp3) is 0.333. The Morgan fingerprint density at radius 2 is 2.03 bits per heavy atom. The van der Waals surface area contributed by atoms with Crippen LogP contribution in [-0.4, -0.2) is 59.8 Å². The van der Waals surface area contributed by atoms with E-state index in [1.165, 1.54) is 12.3 Å². The summed E-state index contributed by atoms with van der Waals surface area (Å²) < 4.78 is 11.0. The zero-order chi connectivity index (χ0) is 24.9. The van der Waals surface area contributed by atoms with Crippen LogP contribution in [0.2, 0.25) is 5.02 Å². The van der Waals surface area contributed by atoms with E-state index in [2.05, 4.69) is 22.2 Å². The van der Waals surface area contributed by atoms with Crippen LogP contribution in [0.3, 0.4) is 0 Å². The number of carbonyl (C=O) groups excluding carboxylic acids is 2. The molecule has 3 heterocycles. The highest BCUT2D eigenvalue weighted by molar-refractivity contribution is 6.50. The molecule has 5 N–H and O–H groups in total.